The molecule has 7 rings (SSSR count). The summed E-state index contributed by atoms with van der Waals surface area (Å²) in [6.07, 6.45) is 15.7. The van der Waals surface area contributed by atoms with Gasteiger partial charge in [-0.15, -0.1) is 6.58 Å². The lowest BCUT2D eigenvalue weighted by molar-refractivity contribution is -0.255. The molecule has 0 spiro atoms. The summed E-state index contributed by atoms with van der Waals surface area (Å²) in [4.78, 5) is 22.5. The van der Waals surface area contributed by atoms with Crippen molar-refractivity contribution in [3.05, 3.63) is 90.5 Å². The number of nitrogens with zero attached hydrogens (tertiary/aromatic N) is 2. The van der Waals surface area contributed by atoms with E-state index in [-0.39, 0.29) is 49.4 Å². The molecule has 0 unspecified atom stereocenters. The first kappa shape index (κ1) is 42.9. The largest absolute Gasteiger partial charge is 0.459 e. The number of hydrogen-bond donors (Lipinski definition) is 2. The number of aliphatic hydroxyl groups excluding tert-OH is 2. The summed E-state index contributed by atoms with van der Waals surface area (Å²) >= 11 is 0. The summed E-state index contributed by atoms with van der Waals surface area (Å²) in [6.45, 7) is 10.6. The topological polar surface area (TPSA) is 110 Å². The van der Waals surface area contributed by atoms with Crippen LogP contribution in [-0.2, 0) is 14.4 Å². The van der Waals surface area contributed by atoms with Crippen LogP contribution in [0.15, 0.2) is 90.1 Å². The molecule has 2 saturated carbocycles. The van der Waals surface area contributed by atoms with Gasteiger partial charge in [0, 0.05) is 44.6 Å². The number of likely N-dealkylation sites (N-methyl/N-ethyl adjacent to an activating group) is 1. The lowest BCUT2D eigenvalue weighted by Crippen LogP contribution is -2.69. The Kier molecular flexibility index (Phi) is 13.8. The average molecular weight is 807 g/mol. The van der Waals surface area contributed by atoms with Crippen LogP contribution in [0.25, 0.3) is 10.8 Å². The highest BCUT2D eigenvalue weighted by Gasteiger charge is 2.65. The Hall–Kier alpha value is -4.18. The number of unbranched alkanes of at least 4 members (excludes halogenated alkanes) is 2. The number of carbonyl (C=O) groups excluding carboxylic acids is 1. The normalized spacial score (nSPS) is 25.8. The molecule has 6 atom stereocenters. The van der Waals surface area contributed by atoms with Gasteiger partial charge in [-0.2, -0.15) is 0 Å². The SMILES string of the molecule is C=CCO[C@@]12Oc3ccc(Oc4ccc5ccccc5c4)cc3[C@H]3[C@H](CCCCO)[C@@H](CCCCO)C=C(C(=NOC(C)(C)C)C[C@@H]1N(C)C(=O)CCC1CCCC1)[C@H]32. The van der Waals surface area contributed by atoms with E-state index >= 15 is 0 Å². The fraction of sp³-hybridized carbons (Fsp3) is 0.560. The predicted octanol–water partition coefficient (Wildman–Crippen LogP) is 10.5. The minimum Gasteiger partial charge on any atom is -0.459 e. The number of carbonyl (C=O) groups is 1. The Morgan fingerprint density at radius 2 is 1.66 bits per heavy atom. The first-order valence-corrected chi connectivity index (χ1v) is 22.2. The van der Waals surface area contributed by atoms with Gasteiger partial charge in [-0.05, 0) is 117 Å². The minimum absolute atomic E-state index is 0.0780. The van der Waals surface area contributed by atoms with Gasteiger partial charge in [-0.25, -0.2) is 0 Å². The van der Waals surface area contributed by atoms with Gasteiger partial charge in [0.15, 0.2) is 0 Å². The van der Waals surface area contributed by atoms with E-state index in [1.165, 1.54) is 25.7 Å². The molecule has 4 aliphatic rings. The molecule has 0 radical (unpaired) electrons. The fourth-order valence-corrected chi connectivity index (χ4v) is 10.3. The third-order valence-corrected chi connectivity index (χ3v) is 13.1. The second-order valence-electron chi connectivity index (χ2n) is 18.3. The molecule has 3 aliphatic carbocycles. The highest BCUT2D eigenvalue weighted by atomic mass is 16.7. The third kappa shape index (κ3) is 9.58. The van der Waals surface area contributed by atoms with Gasteiger partial charge in [0.2, 0.25) is 11.7 Å². The molecule has 0 aromatic heterocycles. The maximum atomic E-state index is 14.4. The smallest absolute Gasteiger partial charge is 0.239 e. The highest BCUT2D eigenvalue weighted by molar-refractivity contribution is 6.03. The molecule has 318 valence electrons. The predicted molar refractivity (Wildman–Crippen MR) is 234 cm³/mol. The number of benzene rings is 3. The van der Waals surface area contributed by atoms with Crippen molar-refractivity contribution in [3.8, 4) is 17.2 Å². The standard InChI is InChI=1S/C50H66N2O7/c1-6-29-56-50-45(52(5)46(55)26-21-34-15-7-8-16-34)33-43(51-59-49(2,3)4)41-31-37(19-11-13-27-53)40(20-12-14-28-54)47(48(41)50)42-32-39(24-25-44(42)58-50)57-38-23-22-35-17-9-10-18-36(35)30-38/h6,9-10,17-18,22-25,30-32,34,37,40,45,47-48,53-54H,1,7-8,11-16,19-21,26-29,33H2,2-5H3/t37-,40+,45-,47+,48+,50+/m0/s1. The van der Waals surface area contributed by atoms with Crippen molar-refractivity contribution >= 4 is 22.4 Å². The Morgan fingerprint density at radius 3 is 2.39 bits per heavy atom. The van der Waals surface area contributed by atoms with Gasteiger partial charge in [0.05, 0.1) is 18.2 Å². The number of fused-ring (bicyclic) bond motifs is 3. The van der Waals surface area contributed by atoms with Crippen LogP contribution < -0.4 is 9.47 Å². The Morgan fingerprint density at radius 1 is 0.949 bits per heavy atom. The zero-order chi connectivity index (χ0) is 41.6. The van der Waals surface area contributed by atoms with Crippen LogP contribution >= 0.6 is 0 Å². The van der Waals surface area contributed by atoms with Crippen molar-refractivity contribution in [2.24, 2.45) is 28.8 Å². The summed E-state index contributed by atoms with van der Waals surface area (Å²) in [7, 11) is 1.91. The Balaban J connectivity index is 1.38. The van der Waals surface area contributed by atoms with Crippen molar-refractivity contribution in [3.63, 3.8) is 0 Å². The van der Waals surface area contributed by atoms with Crippen molar-refractivity contribution in [2.45, 2.75) is 128 Å². The second-order valence-corrected chi connectivity index (χ2v) is 18.3. The van der Waals surface area contributed by atoms with Crippen LogP contribution in [0.3, 0.4) is 0 Å². The lowest BCUT2D eigenvalue weighted by Gasteiger charge is -2.59. The molecule has 1 amide bonds. The van der Waals surface area contributed by atoms with E-state index < -0.39 is 17.4 Å². The van der Waals surface area contributed by atoms with E-state index in [2.05, 4.69) is 43.0 Å². The summed E-state index contributed by atoms with van der Waals surface area (Å²) in [5.74, 6) is 1.38. The molecular weight excluding hydrogens is 741 g/mol. The molecule has 9 nitrogen and oxygen atoms in total. The van der Waals surface area contributed by atoms with Crippen LogP contribution in [0, 0.1) is 23.7 Å². The number of hydrogen-bond acceptors (Lipinski definition) is 8. The molecule has 3 aromatic rings. The molecule has 1 heterocycles. The Bertz CT molecular complexity index is 1980. The molecule has 0 saturated heterocycles. The molecular formula is C50H66N2O7. The number of ether oxygens (including phenoxy) is 3. The summed E-state index contributed by atoms with van der Waals surface area (Å²) in [5, 5.41) is 27.1. The van der Waals surface area contributed by atoms with Crippen LogP contribution in [-0.4, -0.2) is 71.0 Å². The molecule has 9 heteroatoms. The zero-order valence-corrected chi connectivity index (χ0v) is 35.7. The third-order valence-electron chi connectivity index (χ3n) is 13.1. The van der Waals surface area contributed by atoms with E-state index in [1.807, 2.05) is 63.1 Å². The summed E-state index contributed by atoms with van der Waals surface area (Å²) in [6, 6.07) is 20.0. The fourth-order valence-electron chi connectivity index (χ4n) is 10.3. The number of rotatable bonds is 18. The first-order valence-electron chi connectivity index (χ1n) is 22.2. The number of amides is 1. The van der Waals surface area contributed by atoms with Gasteiger partial charge >= 0.3 is 0 Å². The van der Waals surface area contributed by atoms with E-state index in [1.54, 1.807) is 6.08 Å². The van der Waals surface area contributed by atoms with Gasteiger partial charge in [-0.3, -0.25) is 4.79 Å². The van der Waals surface area contributed by atoms with Gasteiger partial charge in [0.25, 0.3) is 0 Å². The number of allylic oxidation sites excluding steroid dienone is 1. The van der Waals surface area contributed by atoms with Crippen molar-refractivity contribution in [1.29, 1.82) is 0 Å². The quantitative estimate of drug-likeness (QED) is 0.0748. The van der Waals surface area contributed by atoms with E-state index in [0.717, 1.165) is 71.9 Å². The van der Waals surface area contributed by atoms with Crippen LogP contribution in [0.4, 0.5) is 0 Å². The van der Waals surface area contributed by atoms with Crippen molar-refractivity contribution in [2.75, 3.05) is 26.9 Å². The molecule has 1 aliphatic heterocycles. The average Bonchev–Trinajstić information content (AvgIpc) is 3.76. The summed E-state index contributed by atoms with van der Waals surface area (Å²) in [5.41, 5.74) is 2.34. The molecule has 2 fully saturated rings. The van der Waals surface area contributed by atoms with Crippen LogP contribution in [0.2, 0.25) is 0 Å². The molecule has 0 bridgehead atoms. The summed E-state index contributed by atoms with van der Waals surface area (Å²) < 4.78 is 21.1. The Labute approximate surface area is 351 Å². The minimum atomic E-state index is -1.26. The lowest BCUT2D eigenvalue weighted by atomic mass is 9.55. The molecule has 2 N–H and O–H groups in total. The van der Waals surface area contributed by atoms with Gasteiger partial charge < -0.3 is 34.2 Å². The number of oxime groups is 1. The van der Waals surface area contributed by atoms with Gasteiger partial charge in [-0.1, -0.05) is 86.2 Å². The van der Waals surface area contributed by atoms with E-state index in [4.69, 9.17) is 24.2 Å². The highest BCUT2D eigenvalue weighted by Crippen LogP contribution is 2.62. The van der Waals surface area contributed by atoms with Crippen molar-refractivity contribution < 1.29 is 34.1 Å². The maximum absolute atomic E-state index is 14.4. The van der Waals surface area contributed by atoms with Gasteiger partial charge in [0.1, 0.15) is 28.9 Å². The monoisotopic (exact) mass is 806 g/mol. The van der Waals surface area contributed by atoms with Crippen LogP contribution in [0.5, 0.6) is 17.2 Å². The molecule has 59 heavy (non-hydrogen) atoms. The maximum Gasteiger partial charge on any atom is 0.239 e. The second kappa shape index (κ2) is 19.0. The number of aliphatic hydroxyl groups is 2. The van der Waals surface area contributed by atoms with E-state index in [9.17, 15) is 15.0 Å². The van der Waals surface area contributed by atoms with E-state index in [0.29, 0.717) is 36.7 Å². The molecule has 3 aromatic carbocycles. The first-order chi connectivity index (χ1) is 28.5. The van der Waals surface area contributed by atoms with Crippen molar-refractivity contribution in [1.82, 2.24) is 4.90 Å². The zero-order valence-electron chi connectivity index (χ0n) is 35.7. The van der Waals surface area contributed by atoms with Crippen LogP contribution in [0.1, 0.15) is 116 Å².